The maximum atomic E-state index is 11.7. The first-order chi connectivity index (χ1) is 13.3. The Labute approximate surface area is 169 Å². The smallest absolute Gasteiger partial charge is 0.276 e. The second kappa shape index (κ2) is 10.4. The number of nitrogens with one attached hydrogen (secondary N) is 2. The molecule has 0 atom stereocenters. The van der Waals surface area contributed by atoms with Crippen molar-refractivity contribution in [1.29, 1.82) is 0 Å². The van der Waals surface area contributed by atoms with Crippen molar-refractivity contribution in [2.75, 3.05) is 22.1 Å². The Bertz CT molecular complexity index is 797. The summed E-state index contributed by atoms with van der Waals surface area (Å²) >= 11 is 1.48. The zero-order valence-corrected chi connectivity index (χ0v) is 16.3. The van der Waals surface area contributed by atoms with Crippen molar-refractivity contribution in [2.45, 2.75) is 0 Å². The van der Waals surface area contributed by atoms with Crippen LogP contribution in [0.15, 0.2) is 48.5 Å². The van der Waals surface area contributed by atoms with Gasteiger partial charge in [-0.1, -0.05) is 47.8 Å². The van der Waals surface area contributed by atoms with Crippen LogP contribution >= 0.6 is 23.5 Å². The Morgan fingerprint density at radius 2 is 0.964 bits per heavy atom. The number of anilines is 2. The normalized spacial score (nSPS) is 10.1. The molecule has 4 amide bonds. The molecule has 146 valence electrons. The van der Waals surface area contributed by atoms with Crippen molar-refractivity contribution < 1.29 is 19.2 Å². The molecule has 0 aliphatic heterocycles. The third-order valence-corrected chi connectivity index (χ3v) is 4.74. The van der Waals surface area contributed by atoms with E-state index in [1.165, 1.54) is 0 Å². The summed E-state index contributed by atoms with van der Waals surface area (Å²) in [5, 5.41) is 4.15. The number of nitrogens with two attached hydrogens (primary N) is 2. The van der Waals surface area contributed by atoms with Crippen LogP contribution in [0.25, 0.3) is 11.1 Å². The summed E-state index contributed by atoms with van der Waals surface area (Å²) in [7, 11) is 0. The molecule has 0 aromatic heterocycles. The summed E-state index contributed by atoms with van der Waals surface area (Å²) in [6.45, 7) is 0. The van der Waals surface area contributed by atoms with Gasteiger partial charge >= 0.3 is 0 Å². The van der Waals surface area contributed by atoms with Crippen LogP contribution in [0.2, 0.25) is 0 Å². The SMILES string of the molecule is NC(=O)SCC(=O)Nc1ccc(-c2ccc(NC(=O)CSC(N)=O)cc2)cc1. The predicted octanol–water partition coefficient (Wildman–Crippen LogP) is 2.85. The van der Waals surface area contributed by atoms with E-state index in [1.54, 1.807) is 24.3 Å². The van der Waals surface area contributed by atoms with Crippen LogP contribution in [-0.4, -0.2) is 33.8 Å². The summed E-state index contributed by atoms with van der Waals surface area (Å²) in [6, 6.07) is 14.4. The first-order valence-corrected chi connectivity index (χ1v) is 9.95. The van der Waals surface area contributed by atoms with Gasteiger partial charge in [0.05, 0.1) is 11.5 Å². The van der Waals surface area contributed by atoms with Crippen LogP contribution in [0.1, 0.15) is 0 Å². The van der Waals surface area contributed by atoms with Gasteiger partial charge in [0.2, 0.25) is 11.8 Å². The first kappa shape index (κ1) is 21.3. The molecule has 6 N–H and O–H groups in total. The van der Waals surface area contributed by atoms with Crippen LogP contribution in [0.4, 0.5) is 21.0 Å². The lowest BCUT2D eigenvalue weighted by Crippen LogP contribution is -2.16. The highest BCUT2D eigenvalue weighted by molar-refractivity contribution is 8.14. The average Bonchev–Trinajstić information content (AvgIpc) is 2.66. The fraction of sp³-hybridized carbons (Fsp3) is 0.111. The fourth-order valence-corrected chi connectivity index (χ4v) is 2.85. The molecule has 2 aromatic rings. The van der Waals surface area contributed by atoms with Crippen molar-refractivity contribution >= 4 is 57.2 Å². The average molecular weight is 419 g/mol. The summed E-state index contributed by atoms with van der Waals surface area (Å²) in [4.78, 5) is 44.7. The number of benzene rings is 2. The number of hydrogen-bond donors (Lipinski definition) is 4. The molecule has 28 heavy (non-hydrogen) atoms. The summed E-state index contributed by atoms with van der Waals surface area (Å²) in [6.07, 6.45) is 0. The maximum absolute atomic E-state index is 11.7. The van der Waals surface area contributed by atoms with Gasteiger partial charge in [0.25, 0.3) is 10.5 Å². The quantitative estimate of drug-likeness (QED) is 0.544. The topological polar surface area (TPSA) is 144 Å². The van der Waals surface area contributed by atoms with E-state index in [1.807, 2.05) is 24.3 Å². The van der Waals surface area contributed by atoms with Crippen LogP contribution in [0, 0.1) is 0 Å². The molecule has 10 heteroatoms. The Kier molecular flexibility index (Phi) is 7.90. The lowest BCUT2D eigenvalue weighted by Gasteiger charge is -2.08. The highest BCUT2D eigenvalue weighted by Crippen LogP contribution is 2.23. The Morgan fingerprint density at radius 1 is 0.643 bits per heavy atom. The lowest BCUT2D eigenvalue weighted by atomic mass is 10.0. The number of thioether (sulfide) groups is 2. The van der Waals surface area contributed by atoms with Gasteiger partial charge < -0.3 is 22.1 Å². The number of hydrogen-bond acceptors (Lipinski definition) is 6. The van der Waals surface area contributed by atoms with Gasteiger partial charge in [-0.05, 0) is 35.4 Å². The Hall–Kier alpha value is -2.98. The van der Waals surface area contributed by atoms with Gasteiger partial charge in [0.1, 0.15) is 0 Å². The minimum atomic E-state index is -0.600. The van der Waals surface area contributed by atoms with Gasteiger partial charge in [-0.15, -0.1) is 0 Å². The molecule has 0 heterocycles. The van der Waals surface area contributed by atoms with Crippen LogP contribution in [0.3, 0.4) is 0 Å². The van der Waals surface area contributed by atoms with Gasteiger partial charge in [-0.25, -0.2) is 0 Å². The summed E-state index contributed by atoms with van der Waals surface area (Å²) < 4.78 is 0. The van der Waals surface area contributed by atoms with Crippen molar-refractivity contribution in [1.82, 2.24) is 0 Å². The molecular weight excluding hydrogens is 400 g/mol. The van der Waals surface area contributed by atoms with Gasteiger partial charge in [0.15, 0.2) is 0 Å². The largest absolute Gasteiger partial charge is 0.361 e. The Morgan fingerprint density at radius 3 is 1.25 bits per heavy atom. The van der Waals surface area contributed by atoms with E-state index in [0.717, 1.165) is 34.7 Å². The van der Waals surface area contributed by atoms with Crippen LogP contribution in [-0.2, 0) is 9.59 Å². The molecule has 0 fully saturated rings. The predicted molar refractivity (Wildman–Crippen MR) is 113 cm³/mol. The van der Waals surface area contributed by atoms with E-state index in [9.17, 15) is 19.2 Å². The zero-order valence-electron chi connectivity index (χ0n) is 14.6. The summed E-state index contributed by atoms with van der Waals surface area (Å²) in [5.41, 5.74) is 13.0. The van der Waals surface area contributed by atoms with Crippen LogP contribution in [0.5, 0.6) is 0 Å². The van der Waals surface area contributed by atoms with Gasteiger partial charge in [-0.3, -0.25) is 19.2 Å². The minimum Gasteiger partial charge on any atom is -0.361 e. The molecule has 0 aliphatic rings. The van der Waals surface area contributed by atoms with Gasteiger partial charge in [-0.2, -0.15) is 0 Å². The number of rotatable bonds is 7. The van der Waals surface area contributed by atoms with Crippen LogP contribution < -0.4 is 22.1 Å². The molecule has 2 rings (SSSR count). The maximum Gasteiger partial charge on any atom is 0.276 e. The number of amides is 4. The van der Waals surface area contributed by atoms with Crippen molar-refractivity contribution in [3.8, 4) is 11.1 Å². The van der Waals surface area contributed by atoms with E-state index in [-0.39, 0.29) is 23.3 Å². The summed E-state index contributed by atoms with van der Waals surface area (Å²) in [5.74, 6) is -0.706. The molecule has 0 unspecified atom stereocenters. The molecule has 2 aromatic carbocycles. The number of primary amides is 2. The molecule has 0 radical (unpaired) electrons. The number of carbonyl (C=O) groups excluding carboxylic acids is 4. The highest BCUT2D eigenvalue weighted by Gasteiger charge is 2.07. The third kappa shape index (κ3) is 7.33. The van der Waals surface area contributed by atoms with E-state index in [0.29, 0.717) is 11.4 Å². The van der Waals surface area contributed by atoms with Crippen molar-refractivity contribution in [3.05, 3.63) is 48.5 Å². The monoisotopic (exact) mass is 418 g/mol. The fourth-order valence-electron chi connectivity index (χ4n) is 2.16. The first-order valence-electron chi connectivity index (χ1n) is 7.98. The van der Waals surface area contributed by atoms with Crippen molar-refractivity contribution in [3.63, 3.8) is 0 Å². The third-order valence-electron chi connectivity index (χ3n) is 3.36. The van der Waals surface area contributed by atoms with Gasteiger partial charge in [0, 0.05) is 11.4 Å². The number of carbonyl (C=O) groups is 4. The molecule has 0 bridgehead atoms. The molecule has 0 saturated heterocycles. The molecule has 0 saturated carbocycles. The second-order valence-corrected chi connectivity index (χ2v) is 7.43. The van der Waals surface area contributed by atoms with E-state index in [4.69, 9.17) is 11.5 Å². The second-order valence-electron chi connectivity index (χ2n) is 5.47. The molecular formula is C18H18N4O4S2. The Balaban J connectivity index is 1.93. The molecule has 0 spiro atoms. The lowest BCUT2D eigenvalue weighted by molar-refractivity contribution is -0.114. The molecule has 8 nitrogen and oxygen atoms in total. The van der Waals surface area contributed by atoms with E-state index >= 15 is 0 Å². The zero-order chi connectivity index (χ0) is 20.5. The van der Waals surface area contributed by atoms with Crippen molar-refractivity contribution in [2.24, 2.45) is 11.5 Å². The standard InChI is InChI=1S/C18H18N4O4S2/c19-17(25)27-9-15(23)21-13-5-1-11(2-6-13)12-3-7-14(8-4-12)22-16(24)10-28-18(20)26/h1-8H,9-10H2,(H2,19,25)(H2,20,26)(H,21,23)(H,22,24). The minimum absolute atomic E-state index is 0.0395. The van der Waals surface area contributed by atoms with E-state index < -0.39 is 10.5 Å². The molecule has 0 aliphatic carbocycles. The van der Waals surface area contributed by atoms with E-state index in [2.05, 4.69) is 10.6 Å². The highest BCUT2D eigenvalue weighted by atomic mass is 32.2.